The average molecular weight is 476 g/mol. The summed E-state index contributed by atoms with van der Waals surface area (Å²) in [6.45, 7) is 3.06. The highest BCUT2D eigenvalue weighted by Crippen LogP contribution is 2.26. The molecule has 3 aromatic carbocycles. The van der Waals surface area contributed by atoms with E-state index in [4.69, 9.17) is 9.40 Å². The van der Waals surface area contributed by atoms with E-state index in [9.17, 15) is 4.79 Å². The molecule has 36 heavy (non-hydrogen) atoms. The molecule has 1 amide bonds. The number of nitrogens with one attached hydrogen (secondary N) is 1. The van der Waals surface area contributed by atoms with Crippen LogP contribution in [0.3, 0.4) is 0 Å². The Morgan fingerprint density at radius 1 is 0.889 bits per heavy atom. The molecule has 0 aliphatic carbocycles. The maximum absolute atomic E-state index is 12.8. The van der Waals surface area contributed by atoms with Crippen molar-refractivity contribution in [3.05, 3.63) is 95.9 Å². The van der Waals surface area contributed by atoms with Crippen molar-refractivity contribution < 1.29 is 9.21 Å². The maximum Gasteiger partial charge on any atom is 0.255 e. The van der Waals surface area contributed by atoms with Gasteiger partial charge in [-0.15, -0.1) is 10.2 Å². The summed E-state index contributed by atoms with van der Waals surface area (Å²) >= 11 is 0. The van der Waals surface area contributed by atoms with Crippen molar-refractivity contribution in [1.29, 1.82) is 0 Å². The predicted octanol–water partition coefficient (Wildman–Crippen LogP) is 6.16. The van der Waals surface area contributed by atoms with Gasteiger partial charge in [-0.3, -0.25) is 4.79 Å². The average Bonchev–Trinajstić information content (AvgIpc) is 3.57. The van der Waals surface area contributed by atoms with E-state index in [0.717, 1.165) is 52.4 Å². The van der Waals surface area contributed by atoms with Crippen LogP contribution in [0, 0.1) is 6.92 Å². The van der Waals surface area contributed by atoms with Gasteiger partial charge in [-0.05, 0) is 68.3 Å². The predicted molar refractivity (Wildman–Crippen MR) is 138 cm³/mol. The summed E-state index contributed by atoms with van der Waals surface area (Å²) in [4.78, 5) is 17.6. The molecule has 0 fully saturated rings. The molecular weight excluding hydrogens is 450 g/mol. The number of aryl methyl sites for hydroxylation is 3. The molecule has 0 radical (unpaired) electrons. The lowest BCUT2D eigenvalue weighted by Crippen LogP contribution is -2.11. The summed E-state index contributed by atoms with van der Waals surface area (Å²) in [5, 5.41) is 11.3. The summed E-state index contributed by atoms with van der Waals surface area (Å²) < 4.78 is 8.10. The monoisotopic (exact) mass is 475 g/mol. The highest BCUT2D eigenvalue weighted by molar-refractivity contribution is 6.04. The van der Waals surface area contributed by atoms with Crippen LogP contribution in [-0.2, 0) is 13.0 Å². The van der Waals surface area contributed by atoms with Gasteiger partial charge < -0.3 is 14.3 Å². The van der Waals surface area contributed by atoms with Crippen molar-refractivity contribution in [2.45, 2.75) is 32.7 Å². The van der Waals surface area contributed by atoms with Gasteiger partial charge in [0.05, 0.1) is 5.69 Å². The number of fused-ring (bicyclic) bond motifs is 1. The third-order valence-electron chi connectivity index (χ3n) is 6.43. The number of aromatic nitrogens is 4. The lowest BCUT2D eigenvalue weighted by Gasteiger charge is -2.11. The maximum atomic E-state index is 12.8. The minimum absolute atomic E-state index is 0.183. The summed E-state index contributed by atoms with van der Waals surface area (Å²) in [6, 6.07) is 22.9. The Kier molecular flexibility index (Phi) is 5.65. The SMILES string of the molecule is Cc1cccc(-c2nnc(-c3ccc(C(=O)Nc4ccc(-c5cn6c(n5)CCCC6)cc4)cc3)o2)c1. The summed E-state index contributed by atoms with van der Waals surface area (Å²) in [6.07, 6.45) is 5.56. The zero-order chi connectivity index (χ0) is 24.5. The van der Waals surface area contributed by atoms with E-state index in [1.165, 1.54) is 12.8 Å². The molecule has 1 aliphatic rings. The van der Waals surface area contributed by atoms with Crippen LogP contribution in [0.1, 0.15) is 34.6 Å². The summed E-state index contributed by atoms with van der Waals surface area (Å²) in [5.41, 5.74) is 6.06. The zero-order valence-electron chi connectivity index (χ0n) is 19.9. The summed E-state index contributed by atoms with van der Waals surface area (Å²) in [7, 11) is 0. The number of hydrogen-bond donors (Lipinski definition) is 1. The van der Waals surface area contributed by atoms with Gasteiger partial charge in [0.15, 0.2) is 0 Å². The molecule has 7 heteroatoms. The van der Waals surface area contributed by atoms with Crippen LogP contribution in [0.15, 0.2) is 83.4 Å². The number of benzene rings is 3. The molecule has 178 valence electrons. The van der Waals surface area contributed by atoms with Crippen molar-refractivity contribution in [2.75, 3.05) is 5.32 Å². The molecule has 1 aliphatic heterocycles. The van der Waals surface area contributed by atoms with Crippen LogP contribution in [-0.4, -0.2) is 25.7 Å². The molecule has 2 aromatic heterocycles. The Labute approximate surface area is 208 Å². The second kappa shape index (κ2) is 9.26. The van der Waals surface area contributed by atoms with E-state index in [1.54, 1.807) is 12.1 Å². The van der Waals surface area contributed by atoms with Gasteiger partial charge in [-0.1, -0.05) is 29.8 Å². The minimum Gasteiger partial charge on any atom is -0.416 e. The lowest BCUT2D eigenvalue weighted by atomic mass is 10.1. The van der Waals surface area contributed by atoms with E-state index in [-0.39, 0.29) is 5.91 Å². The van der Waals surface area contributed by atoms with Gasteiger partial charge in [0.25, 0.3) is 5.91 Å². The fourth-order valence-corrected chi connectivity index (χ4v) is 4.48. The Hall–Kier alpha value is -4.52. The first-order valence-electron chi connectivity index (χ1n) is 12.1. The van der Waals surface area contributed by atoms with Gasteiger partial charge in [0.1, 0.15) is 5.82 Å². The van der Waals surface area contributed by atoms with Gasteiger partial charge in [0, 0.05) is 47.1 Å². The molecule has 0 spiro atoms. The topological polar surface area (TPSA) is 85.8 Å². The van der Waals surface area contributed by atoms with Gasteiger partial charge in [0.2, 0.25) is 11.8 Å². The first-order valence-corrected chi connectivity index (χ1v) is 12.1. The van der Waals surface area contributed by atoms with E-state index >= 15 is 0 Å². The molecular formula is C29H25N5O2. The Bertz CT molecular complexity index is 1510. The Balaban J connectivity index is 1.13. The van der Waals surface area contributed by atoms with Gasteiger partial charge >= 0.3 is 0 Å². The molecule has 0 saturated carbocycles. The Morgan fingerprint density at radius 3 is 2.39 bits per heavy atom. The third kappa shape index (κ3) is 4.43. The first kappa shape index (κ1) is 22.0. The number of rotatable bonds is 5. The second-order valence-corrected chi connectivity index (χ2v) is 9.08. The molecule has 0 saturated heterocycles. The smallest absolute Gasteiger partial charge is 0.255 e. The second-order valence-electron chi connectivity index (χ2n) is 9.08. The molecule has 7 nitrogen and oxygen atoms in total. The molecule has 0 atom stereocenters. The molecule has 0 unspecified atom stereocenters. The molecule has 6 rings (SSSR count). The lowest BCUT2D eigenvalue weighted by molar-refractivity contribution is 0.102. The molecule has 1 N–H and O–H groups in total. The minimum atomic E-state index is -0.183. The summed E-state index contributed by atoms with van der Waals surface area (Å²) in [5.74, 6) is 1.85. The quantitative estimate of drug-likeness (QED) is 0.329. The van der Waals surface area contributed by atoms with Crippen LogP contribution in [0.25, 0.3) is 34.2 Å². The number of amides is 1. The van der Waals surface area contributed by atoms with E-state index in [0.29, 0.717) is 17.3 Å². The molecule has 5 aromatic rings. The highest BCUT2D eigenvalue weighted by atomic mass is 16.4. The van der Waals surface area contributed by atoms with E-state index < -0.39 is 0 Å². The fourth-order valence-electron chi connectivity index (χ4n) is 4.48. The van der Waals surface area contributed by atoms with Crippen molar-refractivity contribution in [3.8, 4) is 34.2 Å². The standard InChI is InChI=1S/C29H25N5O2/c1-19-5-4-6-23(17-19)29-33-32-28(36-29)22-10-8-21(9-11-22)27(35)30-24-14-12-20(13-15-24)25-18-34-16-3-2-7-26(34)31-25/h4-6,8-15,17-18H,2-3,7,16H2,1H3,(H,30,35). The van der Waals surface area contributed by atoms with Crippen molar-refractivity contribution in [1.82, 2.24) is 19.7 Å². The zero-order valence-corrected chi connectivity index (χ0v) is 19.9. The highest BCUT2D eigenvalue weighted by Gasteiger charge is 2.14. The molecule has 0 bridgehead atoms. The van der Waals surface area contributed by atoms with Crippen molar-refractivity contribution >= 4 is 11.6 Å². The number of nitrogens with zero attached hydrogens (tertiary/aromatic N) is 4. The third-order valence-corrected chi connectivity index (χ3v) is 6.43. The van der Waals surface area contributed by atoms with Crippen molar-refractivity contribution in [2.24, 2.45) is 0 Å². The number of anilines is 1. The number of carbonyl (C=O) groups excluding carboxylic acids is 1. The largest absolute Gasteiger partial charge is 0.416 e. The van der Waals surface area contributed by atoms with Crippen molar-refractivity contribution in [3.63, 3.8) is 0 Å². The van der Waals surface area contributed by atoms with Crippen LogP contribution in [0.2, 0.25) is 0 Å². The Morgan fingerprint density at radius 2 is 1.64 bits per heavy atom. The fraction of sp³-hybridized carbons (Fsp3) is 0.172. The first-order chi connectivity index (χ1) is 17.6. The van der Waals surface area contributed by atoms with Crippen LogP contribution < -0.4 is 5.32 Å². The number of hydrogen-bond acceptors (Lipinski definition) is 5. The van der Waals surface area contributed by atoms with Crippen LogP contribution in [0.4, 0.5) is 5.69 Å². The van der Waals surface area contributed by atoms with E-state index in [2.05, 4.69) is 26.3 Å². The van der Waals surface area contributed by atoms with Crippen LogP contribution >= 0.6 is 0 Å². The van der Waals surface area contributed by atoms with Gasteiger partial charge in [-0.2, -0.15) is 0 Å². The van der Waals surface area contributed by atoms with Gasteiger partial charge in [-0.25, -0.2) is 4.98 Å². The molecule has 3 heterocycles. The number of imidazole rings is 1. The normalized spacial score (nSPS) is 12.8. The van der Waals surface area contributed by atoms with E-state index in [1.807, 2.05) is 67.6 Å². The van der Waals surface area contributed by atoms with Crippen LogP contribution in [0.5, 0.6) is 0 Å². The number of carbonyl (C=O) groups is 1.